The third kappa shape index (κ3) is 3.20. The van der Waals surface area contributed by atoms with Crippen molar-refractivity contribution in [2.24, 2.45) is 5.73 Å². The second kappa shape index (κ2) is 6.10. The lowest BCUT2D eigenvalue weighted by atomic mass is 9.93. The molecule has 2 nitrogen and oxygen atoms in total. The molecule has 0 heterocycles. The average Bonchev–Trinajstić information content (AvgIpc) is 2.41. The normalized spacial score (nSPS) is 12.5. The minimum atomic E-state index is -0.0944. The van der Waals surface area contributed by atoms with Crippen LogP contribution < -0.4 is 10.5 Å². The van der Waals surface area contributed by atoms with Crippen LogP contribution in [-0.4, -0.2) is 6.10 Å². The zero-order chi connectivity index (χ0) is 14.7. The molecule has 2 heteroatoms. The van der Waals surface area contributed by atoms with E-state index in [-0.39, 0.29) is 12.1 Å². The highest BCUT2D eigenvalue weighted by atomic mass is 16.5. The van der Waals surface area contributed by atoms with Crippen LogP contribution in [0, 0.1) is 13.8 Å². The summed E-state index contributed by atoms with van der Waals surface area (Å²) in [4.78, 5) is 0. The number of nitrogens with two attached hydrogens (primary N) is 1. The summed E-state index contributed by atoms with van der Waals surface area (Å²) in [6.07, 6.45) is 0.188. The van der Waals surface area contributed by atoms with Crippen LogP contribution in [0.1, 0.15) is 42.1 Å². The Morgan fingerprint density at radius 1 is 0.950 bits per heavy atom. The van der Waals surface area contributed by atoms with Gasteiger partial charge in [-0.2, -0.15) is 0 Å². The predicted octanol–water partition coefficient (Wildman–Crippen LogP) is 4.14. The maximum Gasteiger partial charge on any atom is 0.119 e. The van der Waals surface area contributed by atoms with Crippen LogP contribution in [0.25, 0.3) is 0 Å². The van der Waals surface area contributed by atoms with Gasteiger partial charge >= 0.3 is 0 Å². The lowest BCUT2D eigenvalue weighted by Gasteiger charge is -2.17. The van der Waals surface area contributed by atoms with E-state index in [1.165, 1.54) is 16.7 Å². The van der Waals surface area contributed by atoms with Gasteiger partial charge in [-0.05, 0) is 62.1 Å². The summed E-state index contributed by atoms with van der Waals surface area (Å²) in [5.41, 5.74) is 11.2. The molecule has 0 aromatic heterocycles. The molecule has 0 bridgehead atoms. The van der Waals surface area contributed by atoms with Crippen LogP contribution in [0.5, 0.6) is 5.75 Å². The molecule has 0 aliphatic heterocycles. The number of rotatable bonds is 4. The van der Waals surface area contributed by atoms with Gasteiger partial charge in [0.05, 0.1) is 12.1 Å². The first-order chi connectivity index (χ1) is 9.49. The van der Waals surface area contributed by atoms with E-state index in [1.54, 1.807) is 0 Å². The molecule has 0 aliphatic carbocycles. The van der Waals surface area contributed by atoms with Gasteiger partial charge in [0.15, 0.2) is 0 Å². The first-order valence-electron chi connectivity index (χ1n) is 7.07. The van der Waals surface area contributed by atoms with Crippen LogP contribution in [0.4, 0.5) is 0 Å². The van der Waals surface area contributed by atoms with E-state index < -0.39 is 0 Å². The number of hydrogen-bond donors (Lipinski definition) is 1. The van der Waals surface area contributed by atoms with Gasteiger partial charge in [0, 0.05) is 0 Å². The summed E-state index contributed by atoms with van der Waals surface area (Å²) in [6, 6.07) is 14.3. The van der Waals surface area contributed by atoms with E-state index in [0.29, 0.717) is 0 Å². The third-order valence-electron chi connectivity index (χ3n) is 3.59. The largest absolute Gasteiger partial charge is 0.491 e. The molecule has 1 unspecified atom stereocenters. The summed E-state index contributed by atoms with van der Waals surface area (Å²) in [7, 11) is 0. The van der Waals surface area contributed by atoms with Gasteiger partial charge in [-0.25, -0.2) is 0 Å². The molecule has 2 rings (SSSR count). The molecule has 2 aromatic carbocycles. The summed E-state index contributed by atoms with van der Waals surface area (Å²) < 4.78 is 5.66. The van der Waals surface area contributed by atoms with Crippen LogP contribution in [0.2, 0.25) is 0 Å². The van der Waals surface area contributed by atoms with Crippen LogP contribution in [-0.2, 0) is 0 Å². The van der Waals surface area contributed by atoms with Crippen molar-refractivity contribution in [3.05, 3.63) is 64.7 Å². The summed E-state index contributed by atoms with van der Waals surface area (Å²) in [5.74, 6) is 0.886. The van der Waals surface area contributed by atoms with Crippen LogP contribution in [0.15, 0.2) is 42.5 Å². The van der Waals surface area contributed by atoms with Crippen molar-refractivity contribution in [2.45, 2.75) is 39.8 Å². The SMILES string of the molecule is Cc1cccc(C(N)c2ccc(OC(C)C)cc2)c1C. The fourth-order valence-electron chi connectivity index (χ4n) is 2.32. The molecule has 0 saturated heterocycles. The summed E-state index contributed by atoms with van der Waals surface area (Å²) >= 11 is 0. The fourth-order valence-corrected chi connectivity index (χ4v) is 2.32. The van der Waals surface area contributed by atoms with Crippen molar-refractivity contribution in [1.82, 2.24) is 0 Å². The van der Waals surface area contributed by atoms with Crippen molar-refractivity contribution < 1.29 is 4.74 Å². The smallest absolute Gasteiger partial charge is 0.119 e. The van der Waals surface area contributed by atoms with E-state index in [0.717, 1.165) is 11.3 Å². The molecule has 2 N–H and O–H groups in total. The van der Waals surface area contributed by atoms with Crippen molar-refractivity contribution >= 4 is 0 Å². The Kier molecular flexibility index (Phi) is 4.46. The van der Waals surface area contributed by atoms with Gasteiger partial charge in [0.25, 0.3) is 0 Å². The molecule has 106 valence electrons. The van der Waals surface area contributed by atoms with E-state index in [2.05, 4.69) is 32.0 Å². The molecule has 0 amide bonds. The molecule has 0 saturated carbocycles. The Morgan fingerprint density at radius 3 is 2.20 bits per heavy atom. The number of benzene rings is 2. The van der Waals surface area contributed by atoms with Crippen molar-refractivity contribution in [1.29, 1.82) is 0 Å². The molecule has 0 fully saturated rings. The van der Waals surface area contributed by atoms with Gasteiger partial charge in [-0.15, -0.1) is 0 Å². The van der Waals surface area contributed by atoms with E-state index in [1.807, 2.05) is 38.1 Å². The van der Waals surface area contributed by atoms with Gasteiger partial charge in [0.1, 0.15) is 5.75 Å². The first kappa shape index (κ1) is 14.6. The number of hydrogen-bond acceptors (Lipinski definition) is 2. The monoisotopic (exact) mass is 269 g/mol. The van der Waals surface area contributed by atoms with E-state index in [9.17, 15) is 0 Å². The minimum absolute atomic E-state index is 0.0944. The second-order valence-electron chi connectivity index (χ2n) is 5.50. The van der Waals surface area contributed by atoms with Gasteiger partial charge < -0.3 is 10.5 Å². The number of aryl methyl sites for hydroxylation is 1. The molecule has 1 atom stereocenters. The average molecular weight is 269 g/mol. The Morgan fingerprint density at radius 2 is 1.60 bits per heavy atom. The Balaban J connectivity index is 2.25. The molecular weight excluding hydrogens is 246 g/mol. The maximum absolute atomic E-state index is 6.40. The summed E-state index contributed by atoms with van der Waals surface area (Å²) in [5, 5.41) is 0. The quantitative estimate of drug-likeness (QED) is 0.905. The Labute approximate surface area is 121 Å². The fraction of sp³-hybridized carbons (Fsp3) is 0.333. The number of ether oxygens (including phenoxy) is 1. The Bertz CT molecular complexity index is 572. The Hall–Kier alpha value is -1.80. The molecule has 0 radical (unpaired) electrons. The van der Waals surface area contributed by atoms with E-state index in [4.69, 9.17) is 10.5 Å². The highest BCUT2D eigenvalue weighted by molar-refractivity contribution is 5.41. The van der Waals surface area contributed by atoms with Gasteiger partial charge in [-0.3, -0.25) is 0 Å². The lowest BCUT2D eigenvalue weighted by Crippen LogP contribution is -2.14. The highest BCUT2D eigenvalue weighted by Gasteiger charge is 2.12. The molecule has 0 spiro atoms. The van der Waals surface area contributed by atoms with E-state index >= 15 is 0 Å². The zero-order valence-electron chi connectivity index (χ0n) is 12.7. The molecule has 0 aliphatic rings. The lowest BCUT2D eigenvalue weighted by molar-refractivity contribution is 0.242. The maximum atomic E-state index is 6.40. The molecule has 20 heavy (non-hydrogen) atoms. The second-order valence-corrected chi connectivity index (χ2v) is 5.50. The third-order valence-corrected chi connectivity index (χ3v) is 3.59. The summed E-state index contributed by atoms with van der Waals surface area (Å²) in [6.45, 7) is 8.29. The van der Waals surface area contributed by atoms with Crippen LogP contribution >= 0.6 is 0 Å². The minimum Gasteiger partial charge on any atom is -0.491 e. The molecular formula is C18H23NO. The van der Waals surface area contributed by atoms with Gasteiger partial charge in [-0.1, -0.05) is 30.3 Å². The predicted molar refractivity (Wildman–Crippen MR) is 84.2 cm³/mol. The topological polar surface area (TPSA) is 35.2 Å². The van der Waals surface area contributed by atoms with Crippen molar-refractivity contribution in [2.75, 3.05) is 0 Å². The standard InChI is InChI=1S/C18H23NO/c1-12(2)20-16-10-8-15(9-11-16)18(19)17-7-5-6-13(3)14(17)4/h5-12,18H,19H2,1-4H3. The van der Waals surface area contributed by atoms with Gasteiger partial charge in [0.2, 0.25) is 0 Å². The first-order valence-corrected chi connectivity index (χ1v) is 7.07. The van der Waals surface area contributed by atoms with Crippen LogP contribution in [0.3, 0.4) is 0 Å². The zero-order valence-corrected chi connectivity index (χ0v) is 12.7. The van der Waals surface area contributed by atoms with Crippen molar-refractivity contribution in [3.8, 4) is 5.75 Å². The molecule has 2 aromatic rings. The highest BCUT2D eigenvalue weighted by Crippen LogP contribution is 2.26. The van der Waals surface area contributed by atoms with Crippen molar-refractivity contribution in [3.63, 3.8) is 0 Å².